The van der Waals surface area contributed by atoms with Gasteiger partial charge in [0.05, 0.1) is 6.10 Å². The van der Waals surface area contributed by atoms with Crippen LogP contribution in [0.15, 0.2) is 54.6 Å². The molecule has 1 amide bonds. The number of aliphatic hydroxyl groups excluding tert-OH is 1. The second-order valence-corrected chi connectivity index (χ2v) is 14.0. The van der Waals surface area contributed by atoms with Crippen LogP contribution in [0.5, 0.6) is 5.75 Å². The predicted molar refractivity (Wildman–Crippen MR) is 171 cm³/mol. The summed E-state index contributed by atoms with van der Waals surface area (Å²) >= 11 is 0. The van der Waals surface area contributed by atoms with Crippen molar-refractivity contribution in [3.8, 4) is 5.75 Å². The summed E-state index contributed by atoms with van der Waals surface area (Å²) in [6.07, 6.45) is 9.16. The Labute approximate surface area is 258 Å². The molecule has 2 aliphatic carbocycles. The first-order chi connectivity index (χ1) is 20.7. The molecular weight excluding hydrogens is 536 g/mol. The SMILES string of the molecule is CC(=O)Oc1cccc([C@@]23CCN(CC4CC4)C[C@H]2C(O)C[C@H](N(CC(C)C)C(=O)CCCCCc2ccccc2)C3)c1. The number of nitrogens with zero attached hydrogens (tertiary/aromatic N) is 2. The number of aryl methyl sites for hydroxylation is 1. The molecule has 6 nitrogen and oxygen atoms in total. The van der Waals surface area contributed by atoms with Crippen LogP contribution in [0.2, 0.25) is 0 Å². The number of carbonyl (C=O) groups excluding carboxylic acids is 2. The fourth-order valence-corrected chi connectivity index (χ4v) is 7.78. The maximum absolute atomic E-state index is 13.9. The van der Waals surface area contributed by atoms with Crippen molar-refractivity contribution in [3.63, 3.8) is 0 Å². The minimum atomic E-state index is -0.494. The first-order valence-corrected chi connectivity index (χ1v) is 16.8. The number of piperidine rings is 1. The number of benzene rings is 2. The Bertz CT molecular complexity index is 1210. The monoisotopic (exact) mass is 588 g/mol. The number of amides is 1. The van der Waals surface area contributed by atoms with Gasteiger partial charge < -0.3 is 19.6 Å². The van der Waals surface area contributed by atoms with Crippen molar-refractivity contribution in [2.75, 3.05) is 26.2 Å². The van der Waals surface area contributed by atoms with Gasteiger partial charge in [0.15, 0.2) is 0 Å². The number of likely N-dealkylation sites (tertiary alicyclic amines) is 1. The van der Waals surface area contributed by atoms with Gasteiger partial charge in [-0.15, -0.1) is 0 Å². The van der Waals surface area contributed by atoms with Crippen molar-refractivity contribution in [1.29, 1.82) is 0 Å². The number of esters is 1. The molecule has 2 saturated carbocycles. The number of fused-ring (bicyclic) bond motifs is 1. The fourth-order valence-electron chi connectivity index (χ4n) is 7.78. The number of hydrogen-bond acceptors (Lipinski definition) is 5. The van der Waals surface area contributed by atoms with Crippen LogP contribution in [0.4, 0.5) is 0 Å². The van der Waals surface area contributed by atoms with Gasteiger partial charge in [0.25, 0.3) is 0 Å². The highest BCUT2D eigenvalue weighted by atomic mass is 16.5. The molecule has 1 heterocycles. The quantitative estimate of drug-likeness (QED) is 0.167. The van der Waals surface area contributed by atoms with Crippen LogP contribution in [0.3, 0.4) is 0 Å². The highest BCUT2D eigenvalue weighted by molar-refractivity contribution is 5.76. The van der Waals surface area contributed by atoms with Gasteiger partial charge in [-0.05, 0) is 93.0 Å². The predicted octanol–water partition coefficient (Wildman–Crippen LogP) is 6.39. The minimum Gasteiger partial charge on any atom is -0.427 e. The van der Waals surface area contributed by atoms with E-state index in [4.69, 9.17) is 4.74 Å². The summed E-state index contributed by atoms with van der Waals surface area (Å²) < 4.78 is 5.51. The van der Waals surface area contributed by atoms with Gasteiger partial charge in [-0.25, -0.2) is 0 Å². The van der Waals surface area contributed by atoms with Crippen LogP contribution in [0.1, 0.15) is 89.7 Å². The topological polar surface area (TPSA) is 70.1 Å². The number of hydrogen-bond donors (Lipinski definition) is 1. The Hall–Kier alpha value is -2.70. The third-order valence-corrected chi connectivity index (χ3v) is 10.0. The lowest BCUT2D eigenvalue weighted by Gasteiger charge is -2.56. The second kappa shape index (κ2) is 14.4. The number of unbranched alkanes of at least 4 members (excludes halogenated alkanes) is 2. The van der Waals surface area contributed by atoms with E-state index in [9.17, 15) is 14.7 Å². The third-order valence-electron chi connectivity index (χ3n) is 10.0. The molecule has 0 bridgehead atoms. The maximum atomic E-state index is 13.9. The lowest BCUT2D eigenvalue weighted by molar-refractivity contribution is -0.139. The van der Waals surface area contributed by atoms with Crippen molar-refractivity contribution in [1.82, 2.24) is 9.80 Å². The van der Waals surface area contributed by atoms with Gasteiger partial charge in [0.1, 0.15) is 5.75 Å². The van der Waals surface area contributed by atoms with Crippen LogP contribution in [-0.2, 0) is 21.4 Å². The minimum absolute atomic E-state index is 0.0159. The van der Waals surface area contributed by atoms with Gasteiger partial charge in [0.2, 0.25) is 5.91 Å². The molecule has 0 aromatic heterocycles. The van der Waals surface area contributed by atoms with Crippen LogP contribution in [-0.4, -0.2) is 65.1 Å². The van der Waals surface area contributed by atoms with E-state index in [1.165, 1.54) is 25.3 Å². The molecule has 2 aromatic rings. The molecule has 0 radical (unpaired) electrons. The molecule has 1 saturated heterocycles. The Morgan fingerprint density at radius 3 is 2.58 bits per heavy atom. The Kier molecular flexibility index (Phi) is 10.6. The maximum Gasteiger partial charge on any atom is 0.308 e. The molecule has 0 spiro atoms. The van der Waals surface area contributed by atoms with E-state index in [0.29, 0.717) is 31.1 Å². The Morgan fingerprint density at radius 1 is 1.07 bits per heavy atom. The summed E-state index contributed by atoms with van der Waals surface area (Å²) in [4.78, 5) is 30.3. The van der Waals surface area contributed by atoms with Crippen molar-refractivity contribution >= 4 is 11.9 Å². The van der Waals surface area contributed by atoms with E-state index in [0.717, 1.165) is 69.6 Å². The standard InChI is InChI=1S/C37H52N2O4/c1-27(2)24-39(36(42)16-9-5-8-13-29-11-6-4-7-12-29)32-22-35(41)34-26-38(25-30-17-18-30)20-19-37(34,23-32)31-14-10-15-33(21-31)43-28(3)40/h4,6-7,10-12,14-15,21,27,30,32,34-35,41H,5,8-9,13,16-20,22-26H2,1-3H3/t32-,34-,35?,37-/m0/s1. The summed E-state index contributed by atoms with van der Waals surface area (Å²) in [5.41, 5.74) is 2.21. The zero-order valence-electron chi connectivity index (χ0n) is 26.5. The van der Waals surface area contributed by atoms with Crippen molar-refractivity contribution in [3.05, 3.63) is 65.7 Å². The zero-order valence-corrected chi connectivity index (χ0v) is 26.5. The van der Waals surface area contributed by atoms with Crippen LogP contribution in [0.25, 0.3) is 0 Å². The lowest BCUT2D eigenvalue weighted by atomic mass is 9.56. The van der Waals surface area contributed by atoms with Gasteiger partial charge in [-0.2, -0.15) is 0 Å². The number of carbonyl (C=O) groups is 2. The largest absolute Gasteiger partial charge is 0.427 e. The Balaban J connectivity index is 1.33. The molecule has 2 aromatic carbocycles. The number of ether oxygens (including phenoxy) is 1. The van der Waals surface area contributed by atoms with Crippen molar-refractivity contribution in [2.45, 2.75) is 103 Å². The molecule has 234 valence electrons. The van der Waals surface area contributed by atoms with Crippen LogP contribution in [0, 0.1) is 17.8 Å². The van der Waals surface area contributed by atoms with Crippen molar-refractivity contribution < 1.29 is 19.4 Å². The zero-order chi connectivity index (χ0) is 30.4. The smallest absolute Gasteiger partial charge is 0.308 e. The molecular formula is C37H52N2O4. The third kappa shape index (κ3) is 8.27. The molecule has 3 aliphatic rings. The number of rotatable bonds is 13. The average molecular weight is 589 g/mol. The second-order valence-electron chi connectivity index (χ2n) is 14.0. The van der Waals surface area contributed by atoms with Crippen LogP contribution < -0.4 is 4.74 Å². The van der Waals surface area contributed by atoms with Gasteiger partial charge in [0, 0.05) is 50.4 Å². The van der Waals surface area contributed by atoms with E-state index in [-0.39, 0.29) is 29.3 Å². The molecule has 43 heavy (non-hydrogen) atoms. The molecule has 1 unspecified atom stereocenters. The van der Waals surface area contributed by atoms with E-state index >= 15 is 0 Å². The summed E-state index contributed by atoms with van der Waals surface area (Å²) in [6, 6.07) is 18.5. The van der Waals surface area contributed by atoms with E-state index in [1.807, 2.05) is 24.3 Å². The first-order valence-electron chi connectivity index (χ1n) is 16.8. The summed E-state index contributed by atoms with van der Waals surface area (Å²) in [5.74, 6) is 1.68. The normalized spacial score (nSPS) is 25.7. The highest BCUT2D eigenvalue weighted by Gasteiger charge is 2.53. The summed E-state index contributed by atoms with van der Waals surface area (Å²) in [7, 11) is 0. The average Bonchev–Trinajstić information content (AvgIpc) is 3.80. The number of aliphatic hydroxyl groups is 1. The Morgan fingerprint density at radius 2 is 1.86 bits per heavy atom. The van der Waals surface area contributed by atoms with E-state index in [2.05, 4.69) is 54.0 Å². The summed E-state index contributed by atoms with van der Waals surface area (Å²) in [6.45, 7) is 9.49. The van der Waals surface area contributed by atoms with E-state index in [1.54, 1.807) is 0 Å². The first kappa shape index (κ1) is 31.7. The van der Waals surface area contributed by atoms with E-state index < -0.39 is 6.10 Å². The molecule has 5 rings (SSSR count). The fraction of sp³-hybridized carbons (Fsp3) is 0.622. The van der Waals surface area contributed by atoms with Crippen LogP contribution >= 0.6 is 0 Å². The lowest BCUT2D eigenvalue weighted by Crippen LogP contribution is -2.61. The summed E-state index contributed by atoms with van der Waals surface area (Å²) in [5, 5.41) is 11.9. The molecule has 1 N–H and O–H groups in total. The van der Waals surface area contributed by atoms with Crippen molar-refractivity contribution in [2.24, 2.45) is 17.8 Å². The molecule has 3 fully saturated rings. The van der Waals surface area contributed by atoms with Gasteiger partial charge in [-0.1, -0.05) is 62.7 Å². The molecule has 1 aliphatic heterocycles. The highest BCUT2D eigenvalue weighted by Crippen LogP contribution is 2.51. The molecule has 6 heteroatoms. The van der Waals surface area contributed by atoms with Gasteiger partial charge in [-0.3, -0.25) is 9.59 Å². The molecule has 4 atom stereocenters. The van der Waals surface area contributed by atoms with Gasteiger partial charge >= 0.3 is 5.97 Å².